The molecule has 0 N–H and O–H groups in total. The Bertz CT molecular complexity index is 1020. The van der Waals surface area contributed by atoms with Gasteiger partial charge in [-0.1, -0.05) is 42.4 Å². The molecule has 2 aromatic heterocycles. The summed E-state index contributed by atoms with van der Waals surface area (Å²) in [5, 5.41) is 25.0. The minimum Gasteiger partial charge on any atom is -0.549 e. The van der Waals surface area contributed by atoms with Crippen molar-refractivity contribution in [3.05, 3.63) is 40.9 Å². The van der Waals surface area contributed by atoms with Crippen LogP contribution in [0.25, 0.3) is 16.9 Å². The zero-order chi connectivity index (χ0) is 20.4. The van der Waals surface area contributed by atoms with Gasteiger partial charge < -0.3 is 9.90 Å². The highest BCUT2D eigenvalue weighted by atomic mass is 35.5. The Kier molecular flexibility index (Phi) is 6.03. The van der Waals surface area contributed by atoms with Crippen LogP contribution in [0.1, 0.15) is 31.7 Å². The first kappa shape index (κ1) is 20.1. The number of carbonyl (C=O) groups excluding carboxylic acids is 1. The second kappa shape index (κ2) is 8.69. The molecule has 0 aliphatic carbocycles. The Labute approximate surface area is 178 Å². The number of fused-ring (bicyclic) bond motifs is 1. The maximum atomic E-state index is 11.3. The van der Waals surface area contributed by atoms with E-state index in [9.17, 15) is 9.90 Å². The van der Waals surface area contributed by atoms with E-state index >= 15 is 0 Å². The van der Waals surface area contributed by atoms with E-state index in [1.54, 1.807) is 11.4 Å². The van der Waals surface area contributed by atoms with Crippen molar-refractivity contribution in [3.8, 4) is 11.3 Å². The standard InChI is InChI=1S/C20H22ClN5O2S/c1-2-16(19(27)28)29-20-23-22-17-11-14(12-25-9-3-4-10-25)18(24-26(17)20)13-5-7-15(21)8-6-13/h5-8,11,16H,2-4,9-10,12H2,1H3,(H,27,28)/p-1. The van der Waals surface area contributed by atoms with Crippen LogP contribution in [0.4, 0.5) is 0 Å². The molecule has 1 fully saturated rings. The third kappa shape index (κ3) is 4.39. The number of nitrogens with zero attached hydrogens (tertiary/aromatic N) is 5. The average molecular weight is 431 g/mol. The highest BCUT2D eigenvalue weighted by Gasteiger charge is 2.20. The van der Waals surface area contributed by atoms with E-state index in [0.29, 0.717) is 22.2 Å². The number of likely N-dealkylation sites (tertiary alicyclic amines) is 1. The van der Waals surface area contributed by atoms with Gasteiger partial charge in [0.25, 0.3) is 0 Å². The third-order valence-electron chi connectivity index (χ3n) is 5.04. The van der Waals surface area contributed by atoms with Crippen LogP contribution < -0.4 is 5.11 Å². The molecule has 0 saturated carbocycles. The van der Waals surface area contributed by atoms with Crippen molar-refractivity contribution in [2.75, 3.05) is 13.1 Å². The first-order valence-electron chi connectivity index (χ1n) is 9.66. The summed E-state index contributed by atoms with van der Waals surface area (Å²) in [5.41, 5.74) is 3.44. The van der Waals surface area contributed by atoms with E-state index in [-0.39, 0.29) is 0 Å². The predicted molar refractivity (Wildman–Crippen MR) is 111 cm³/mol. The molecular weight excluding hydrogens is 410 g/mol. The molecular formula is C20H21ClN5O2S-. The van der Waals surface area contributed by atoms with Crippen molar-refractivity contribution in [2.24, 2.45) is 0 Å². The van der Waals surface area contributed by atoms with Gasteiger partial charge in [-0.05, 0) is 56.1 Å². The Morgan fingerprint density at radius 2 is 1.97 bits per heavy atom. The van der Waals surface area contributed by atoms with Crippen LogP contribution in [-0.2, 0) is 11.3 Å². The summed E-state index contributed by atoms with van der Waals surface area (Å²) in [7, 11) is 0. The molecule has 7 nitrogen and oxygen atoms in total. The van der Waals surface area contributed by atoms with Gasteiger partial charge in [0.2, 0.25) is 5.16 Å². The molecule has 0 amide bonds. The number of aliphatic carboxylic acids is 1. The zero-order valence-electron chi connectivity index (χ0n) is 16.0. The Morgan fingerprint density at radius 1 is 1.24 bits per heavy atom. The molecule has 1 saturated heterocycles. The topological polar surface area (TPSA) is 86.5 Å². The number of hydrogen-bond donors (Lipinski definition) is 0. The van der Waals surface area contributed by atoms with Gasteiger partial charge in [-0.25, -0.2) is 0 Å². The molecule has 3 aromatic rings. The van der Waals surface area contributed by atoms with Crippen molar-refractivity contribution >= 4 is 35.0 Å². The highest BCUT2D eigenvalue weighted by Crippen LogP contribution is 2.29. The van der Waals surface area contributed by atoms with E-state index in [4.69, 9.17) is 16.7 Å². The number of aromatic nitrogens is 4. The monoisotopic (exact) mass is 430 g/mol. The molecule has 1 aliphatic rings. The average Bonchev–Trinajstić information content (AvgIpc) is 3.36. The number of thioether (sulfide) groups is 1. The number of carbonyl (C=O) groups is 1. The first-order chi connectivity index (χ1) is 14.0. The molecule has 1 aliphatic heterocycles. The summed E-state index contributed by atoms with van der Waals surface area (Å²) in [4.78, 5) is 13.7. The molecule has 9 heteroatoms. The van der Waals surface area contributed by atoms with Crippen LogP contribution in [0.15, 0.2) is 35.5 Å². The second-order valence-corrected chi connectivity index (χ2v) is 8.70. The Hall–Kier alpha value is -2.16. The number of benzene rings is 1. The lowest BCUT2D eigenvalue weighted by atomic mass is 10.1. The molecule has 29 heavy (non-hydrogen) atoms. The van der Waals surface area contributed by atoms with Gasteiger partial charge in [0, 0.05) is 17.1 Å². The van der Waals surface area contributed by atoms with Crippen molar-refractivity contribution < 1.29 is 9.90 Å². The first-order valence-corrected chi connectivity index (χ1v) is 10.9. The Balaban J connectivity index is 1.78. The minimum absolute atomic E-state index is 0.430. The summed E-state index contributed by atoms with van der Waals surface area (Å²) >= 11 is 7.17. The quantitative estimate of drug-likeness (QED) is 0.532. The lowest BCUT2D eigenvalue weighted by Gasteiger charge is -2.18. The molecule has 1 aromatic carbocycles. The summed E-state index contributed by atoms with van der Waals surface area (Å²) < 4.78 is 1.62. The van der Waals surface area contributed by atoms with Crippen molar-refractivity contribution in [1.29, 1.82) is 0 Å². The van der Waals surface area contributed by atoms with E-state index < -0.39 is 11.2 Å². The van der Waals surface area contributed by atoms with E-state index in [0.717, 1.165) is 48.2 Å². The molecule has 3 heterocycles. The van der Waals surface area contributed by atoms with Gasteiger partial charge in [0.1, 0.15) is 0 Å². The van der Waals surface area contributed by atoms with Crippen molar-refractivity contribution in [1.82, 2.24) is 24.7 Å². The van der Waals surface area contributed by atoms with E-state index in [2.05, 4.69) is 15.1 Å². The number of carboxylic acids is 1. The fourth-order valence-corrected chi connectivity index (χ4v) is 4.47. The van der Waals surface area contributed by atoms with Crippen molar-refractivity contribution in [3.63, 3.8) is 0 Å². The van der Waals surface area contributed by atoms with Crippen molar-refractivity contribution in [2.45, 2.75) is 43.1 Å². The summed E-state index contributed by atoms with van der Waals surface area (Å²) in [6.45, 7) is 4.73. The van der Waals surface area contributed by atoms with Crippen LogP contribution in [-0.4, -0.2) is 49.0 Å². The van der Waals surface area contributed by atoms with Gasteiger partial charge >= 0.3 is 0 Å². The van der Waals surface area contributed by atoms with Gasteiger partial charge in [0.15, 0.2) is 5.65 Å². The molecule has 1 unspecified atom stereocenters. The minimum atomic E-state index is -1.11. The van der Waals surface area contributed by atoms with Crippen LogP contribution in [0.3, 0.4) is 0 Å². The summed E-state index contributed by atoms with van der Waals surface area (Å²) in [5.74, 6) is -1.11. The summed E-state index contributed by atoms with van der Waals surface area (Å²) in [6.07, 6.45) is 2.84. The zero-order valence-corrected chi connectivity index (χ0v) is 17.6. The van der Waals surface area contributed by atoms with E-state index in [1.165, 1.54) is 12.8 Å². The maximum absolute atomic E-state index is 11.3. The summed E-state index contributed by atoms with van der Waals surface area (Å²) in [6, 6.07) is 9.56. The lowest BCUT2D eigenvalue weighted by molar-refractivity contribution is -0.304. The lowest BCUT2D eigenvalue weighted by Crippen LogP contribution is -2.33. The molecule has 152 valence electrons. The largest absolute Gasteiger partial charge is 0.549 e. The van der Waals surface area contributed by atoms with Crippen LogP contribution in [0.2, 0.25) is 5.02 Å². The van der Waals surface area contributed by atoms with Gasteiger partial charge in [-0.2, -0.15) is 9.61 Å². The molecule has 0 radical (unpaired) electrons. The van der Waals surface area contributed by atoms with Crippen LogP contribution in [0, 0.1) is 0 Å². The maximum Gasteiger partial charge on any atom is 0.213 e. The number of halogens is 1. The fourth-order valence-electron chi connectivity index (χ4n) is 3.50. The SMILES string of the molecule is CCC(Sc1nnc2cc(CN3CCCC3)c(-c3ccc(Cl)cc3)nn12)C(=O)[O-]. The van der Waals surface area contributed by atoms with Crippen LogP contribution >= 0.6 is 23.4 Å². The Morgan fingerprint density at radius 3 is 2.62 bits per heavy atom. The normalized spacial score (nSPS) is 15.8. The second-order valence-electron chi connectivity index (χ2n) is 7.09. The number of rotatable bonds is 7. The highest BCUT2D eigenvalue weighted by molar-refractivity contribution is 8.00. The third-order valence-corrected chi connectivity index (χ3v) is 6.56. The molecule has 0 spiro atoms. The number of hydrogen-bond acceptors (Lipinski definition) is 7. The van der Waals surface area contributed by atoms with Gasteiger partial charge in [0.05, 0.1) is 16.9 Å². The van der Waals surface area contributed by atoms with Gasteiger partial charge in [-0.3, -0.25) is 4.90 Å². The smallest absolute Gasteiger partial charge is 0.213 e. The molecule has 0 bridgehead atoms. The fraction of sp³-hybridized carbons (Fsp3) is 0.400. The molecule has 4 rings (SSSR count). The molecule has 1 atom stereocenters. The van der Waals surface area contributed by atoms with Crippen LogP contribution in [0.5, 0.6) is 0 Å². The predicted octanol–water partition coefficient (Wildman–Crippen LogP) is 2.66. The van der Waals surface area contributed by atoms with E-state index in [1.807, 2.05) is 30.3 Å². The number of carboxylic acid groups (broad SMARTS) is 1. The van der Waals surface area contributed by atoms with Gasteiger partial charge in [-0.15, -0.1) is 10.2 Å².